The number of cyclic esters (lactones) is 1. The molecule has 0 aliphatic carbocycles. The lowest BCUT2D eigenvalue weighted by molar-refractivity contribution is -0.117. The molecular formula is C15H14O4. The van der Waals surface area contributed by atoms with Crippen molar-refractivity contribution in [2.45, 2.75) is 32.8 Å². The first-order valence-electron chi connectivity index (χ1n) is 6.28. The Kier molecular flexibility index (Phi) is 2.66. The molecule has 1 aromatic carbocycles. The van der Waals surface area contributed by atoms with Crippen LogP contribution in [0.15, 0.2) is 22.8 Å². The third kappa shape index (κ3) is 1.93. The molecule has 1 aliphatic rings. The first kappa shape index (κ1) is 12.0. The van der Waals surface area contributed by atoms with Crippen molar-refractivity contribution in [1.82, 2.24) is 0 Å². The van der Waals surface area contributed by atoms with Crippen LogP contribution < -0.4 is 0 Å². The summed E-state index contributed by atoms with van der Waals surface area (Å²) >= 11 is 0. The number of ketones is 1. The van der Waals surface area contributed by atoms with Gasteiger partial charge in [-0.25, -0.2) is 4.79 Å². The average Bonchev–Trinajstić information content (AvgIpc) is 2.88. The van der Waals surface area contributed by atoms with Gasteiger partial charge in [0.2, 0.25) is 0 Å². The van der Waals surface area contributed by atoms with E-state index in [1.807, 2.05) is 19.1 Å². The van der Waals surface area contributed by atoms with Crippen molar-refractivity contribution in [1.29, 1.82) is 0 Å². The SMILES string of the molecule is CC(=O)CC[C@@H]1OC(=O)c2cc3c(C)coc3cc21. The van der Waals surface area contributed by atoms with E-state index in [-0.39, 0.29) is 17.9 Å². The van der Waals surface area contributed by atoms with Crippen molar-refractivity contribution in [3.8, 4) is 0 Å². The van der Waals surface area contributed by atoms with Gasteiger partial charge in [0.15, 0.2) is 0 Å². The van der Waals surface area contributed by atoms with E-state index in [1.165, 1.54) is 6.92 Å². The molecule has 4 heteroatoms. The summed E-state index contributed by atoms with van der Waals surface area (Å²) in [6.45, 7) is 3.47. The highest BCUT2D eigenvalue weighted by atomic mass is 16.5. The molecule has 0 spiro atoms. The molecule has 0 amide bonds. The predicted octanol–water partition coefficient (Wildman–Crippen LogP) is 3.32. The molecule has 3 rings (SSSR count). The van der Waals surface area contributed by atoms with Crippen molar-refractivity contribution in [3.63, 3.8) is 0 Å². The number of ether oxygens (including phenoxy) is 1. The zero-order valence-corrected chi connectivity index (χ0v) is 10.9. The van der Waals surface area contributed by atoms with E-state index in [4.69, 9.17) is 9.15 Å². The lowest BCUT2D eigenvalue weighted by Crippen LogP contribution is -2.01. The van der Waals surface area contributed by atoms with Gasteiger partial charge in [-0.15, -0.1) is 0 Å². The highest BCUT2D eigenvalue weighted by Gasteiger charge is 2.32. The average molecular weight is 258 g/mol. The molecular weight excluding hydrogens is 244 g/mol. The number of Topliss-reactive ketones (excluding diaryl/α,β-unsaturated/α-hetero) is 1. The lowest BCUT2D eigenvalue weighted by atomic mass is 9.99. The number of aryl methyl sites for hydroxylation is 1. The predicted molar refractivity (Wildman–Crippen MR) is 69.0 cm³/mol. The van der Waals surface area contributed by atoms with Crippen molar-refractivity contribution in [2.24, 2.45) is 0 Å². The van der Waals surface area contributed by atoms with Crippen LogP contribution in [0.4, 0.5) is 0 Å². The Morgan fingerprint density at radius 1 is 1.37 bits per heavy atom. The van der Waals surface area contributed by atoms with Crippen molar-refractivity contribution in [3.05, 3.63) is 35.1 Å². The molecule has 1 aromatic heterocycles. The van der Waals surface area contributed by atoms with Crippen LogP contribution in [0.2, 0.25) is 0 Å². The number of benzene rings is 1. The highest BCUT2D eigenvalue weighted by Crippen LogP contribution is 2.37. The van der Waals surface area contributed by atoms with Gasteiger partial charge in [-0.2, -0.15) is 0 Å². The van der Waals surface area contributed by atoms with E-state index in [0.717, 1.165) is 22.1 Å². The second-order valence-electron chi connectivity index (χ2n) is 4.99. The molecule has 0 radical (unpaired) electrons. The molecule has 0 saturated heterocycles. The molecule has 2 aromatic rings. The number of carbonyl (C=O) groups excluding carboxylic acids is 2. The van der Waals surface area contributed by atoms with Crippen LogP contribution in [-0.4, -0.2) is 11.8 Å². The van der Waals surface area contributed by atoms with Gasteiger partial charge in [0.05, 0.1) is 11.8 Å². The monoisotopic (exact) mass is 258 g/mol. The summed E-state index contributed by atoms with van der Waals surface area (Å²) in [6.07, 6.45) is 2.28. The number of carbonyl (C=O) groups is 2. The van der Waals surface area contributed by atoms with E-state index in [2.05, 4.69) is 0 Å². The number of hydrogen-bond acceptors (Lipinski definition) is 4. The fourth-order valence-corrected chi connectivity index (χ4v) is 2.46. The minimum Gasteiger partial charge on any atom is -0.464 e. The van der Waals surface area contributed by atoms with E-state index in [9.17, 15) is 9.59 Å². The highest BCUT2D eigenvalue weighted by molar-refractivity contribution is 5.99. The van der Waals surface area contributed by atoms with Gasteiger partial charge in [-0.05, 0) is 38.0 Å². The minimum absolute atomic E-state index is 0.0967. The summed E-state index contributed by atoms with van der Waals surface area (Å²) < 4.78 is 10.8. The molecule has 0 saturated carbocycles. The van der Waals surface area contributed by atoms with Crippen LogP contribution in [0, 0.1) is 6.92 Å². The Morgan fingerprint density at radius 3 is 2.89 bits per heavy atom. The Morgan fingerprint density at radius 2 is 2.16 bits per heavy atom. The normalized spacial score (nSPS) is 17.6. The molecule has 1 atom stereocenters. The maximum atomic E-state index is 11.9. The fourth-order valence-electron chi connectivity index (χ4n) is 2.46. The third-order valence-corrected chi connectivity index (χ3v) is 3.51. The molecule has 98 valence electrons. The van der Waals surface area contributed by atoms with E-state index >= 15 is 0 Å². The Bertz CT molecular complexity index is 681. The number of esters is 1. The smallest absolute Gasteiger partial charge is 0.339 e. The van der Waals surface area contributed by atoms with E-state index in [0.29, 0.717) is 18.4 Å². The van der Waals surface area contributed by atoms with Gasteiger partial charge in [0.1, 0.15) is 17.5 Å². The summed E-state index contributed by atoms with van der Waals surface area (Å²) in [7, 11) is 0. The van der Waals surface area contributed by atoms with Crippen molar-refractivity contribution < 1.29 is 18.7 Å². The van der Waals surface area contributed by atoms with E-state index < -0.39 is 0 Å². The van der Waals surface area contributed by atoms with Crippen LogP contribution in [0.5, 0.6) is 0 Å². The van der Waals surface area contributed by atoms with Crippen LogP contribution in [0.3, 0.4) is 0 Å². The maximum Gasteiger partial charge on any atom is 0.339 e. The van der Waals surface area contributed by atoms with Crippen LogP contribution >= 0.6 is 0 Å². The lowest BCUT2D eigenvalue weighted by Gasteiger charge is -2.08. The molecule has 1 aliphatic heterocycles. The van der Waals surface area contributed by atoms with Crippen molar-refractivity contribution >= 4 is 22.7 Å². The third-order valence-electron chi connectivity index (χ3n) is 3.51. The van der Waals surface area contributed by atoms with Gasteiger partial charge < -0.3 is 13.9 Å². The van der Waals surface area contributed by atoms with Crippen molar-refractivity contribution in [2.75, 3.05) is 0 Å². The quantitative estimate of drug-likeness (QED) is 0.792. The van der Waals surface area contributed by atoms with Gasteiger partial charge in [0, 0.05) is 17.4 Å². The number of rotatable bonds is 3. The van der Waals surface area contributed by atoms with Gasteiger partial charge >= 0.3 is 5.97 Å². The Balaban J connectivity index is 2.03. The number of hydrogen-bond donors (Lipinski definition) is 0. The van der Waals surface area contributed by atoms with Crippen LogP contribution in [-0.2, 0) is 9.53 Å². The minimum atomic E-state index is -0.332. The Hall–Kier alpha value is -2.10. The molecule has 0 bridgehead atoms. The van der Waals surface area contributed by atoms with Gasteiger partial charge in [-0.3, -0.25) is 0 Å². The first-order chi connectivity index (χ1) is 9.06. The van der Waals surface area contributed by atoms with E-state index in [1.54, 1.807) is 6.26 Å². The summed E-state index contributed by atoms with van der Waals surface area (Å²) in [4.78, 5) is 22.9. The summed E-state index contributed by atoms with van der Waals surface area (Å²) in [5.74, 6) is -0.217. The standard InChI is InChI=1S/C15H14O4/c1-8-7-18-14-6-11-12(5-10(8)14)15(17)19-13(11)4-3-9(2)16/h5-7,13H,3-4H2,1-2H3/t13-/m0/s1. The first-order valence-corrected chi connectivity index (χ1v) is 6.28. The van der Waals surface area contributed by atoms with Gasteiger partial charge in [-0.1, -0.05) is 0 Å². The molecule has 0 unspecified atom stereocenters. The largest absolute Gasteiger partial charge is 0.464 e. The zero-order chi connectivity index (χ0) is 13.6. The second-order valence-corrected chi connectivity index (χ2v) is 4.99. The summed E-state index contributed by atoms with van der Waals surface area (Å²) in [6, 6.07) is 3.67. The fraction of sp³-hybridized carbons (Fsp3) is 0.333. The van der Waals surface area contributed by atoms with Crippen LogP contribution in [0.1, 0.15) is 47.4 Å². The molecule has 2 heterocycles. The summed E-state index contributed by atoms with van der Waals surface area (Å²) in [5.41, 5.74) is 3.17. The molecule has 0 N–H and O–H groups in total. The molecule has 4 nitrogen and oxygen atoms in total. The number of furan rings is 1. The Labute approximate surface area is 110 Å². The maximum absolute atomic E-state index is 11.9. The second kappa shape index (κ2) is 4.23. The summed E-state index contributed by atoms with van der Waals surface area (Å²) in [5, 5.41) is 0.933. The topological polar surface area (TPSA) is 56.5 Å². The number of fused-ring (bicyclic) bond motifs is 2. The molecule has 0 fully saturated rings. The van der Waals surface area contributed by atoms with Crippen LogP contribution in [0.25, 0.3) is 11.0 Å². The van der Waals surface area contributed by atoms with Gasteiger partial charge in [0.25, 0.3) is 0 Å². The molecule has 19 heavy (non-hydrogen) atoms. The zero-order valence-electron chi connectivity index (χ0n) is 10.9.